The van der Waals surface area contributed by atoms with E-state index in [1.807, 2.05) is 0 Å². The molecule has 1 aliphatic heterocycles. The third-order valence-electron chi connectivity index (χ3n) is 4.23. The Kier molecular flexibility index (Phi) is 4.84. The number of rotatable bonds is 4. The lowest BCUT2D eigenvalue weighted by atomic mass is 9.88. The van der Waals surface area contributed by atoms with Gasteiger partial charge in [0, 0.05) is 18.5 Å². The Bertz CT molecular complexity index is 414. The summed E-state index contributed by atoms with van der Waals surface area (Å²) in [4.78, 5) is 14.1. The van der Waals surface area contributed by atoms with Gasteiger partial charge in [-0.1, -0.05) is 19.3 Å². The minimum Gasteiger partial charge on any atom is -0.395 e. The summed E-state index contributed by atoms with van der Waals surface area (Å²) in [6.07, 6.45) is 5.65. The Morgan fingerprint density at radius 1 is 1.16 bits per heavy atom. The number of carbonyl (C=O) groups excluding carboxylic acids is 1. The standard InChI is InChI=1S/C13H23NO4S/c15-8-7-14(12-6-9-19(17,18)10-12)13(16)11-4-2-1-3-5-11/h11-12,15H,1-10H2. The van der Waals surface area contributed by atoms with Crippen molar-refractivity contribution in [3.63, 3.8) is 0 Å². The van der Waals surface area contributed by atoms with Crippen molar-refractivity contribution >= 4 is 15.7 Å². The average Bonchev–Trinajstić information content (AvgIpc) is 2.76. The molecule has 0 aromatic rings. The van der Waals surface area contributed by atoms with Gasteiger partial charge in [0.15, 0.2) is 9.84 Å². The van der Waals surface area contributed by atoms with Gasteiger partial charge in [-0.2, -0.15) is 0 Å². The molecule has 1 aliphatic carbocycles. The average molecular weight is 289 g/mol. The Hall–Kier alpha value is -0.620. The summed E-state index contributed by atoms with van der Waals surface area (Å²) in [5.41, 5.74) is 0. The third kappa shape index (κ3) is 3.69. The summed E-state index contributed by atoms with van der Waals surface area (Å²) >= 11 is 0. The molecule has 1 saturated carbocycles. The second-order valence-corrected chi connectivity index (χ2v) is 7.88. The first-order chi connectivity index (χ1) is 9.03. The molecule has 2 aliphatic rings. The summed E-state index contributed by atoms with van der Waals surface area (Å²) in [6.45, 7) is 0.157. The maximum atomic E-state index is 12.5. The highest BCUT2D eigenvalue weighted by Crippen LogP contribution is 2.27. The molecular formula is C13H23NO4S. The smallest absolute Gasteiger partial charge is 0.226 e. The van der Waals surface area contributed by atoms with Gasteiger partial charge < -0.3 is 10.0 Å². The SMILES string of the molecule is O=C(C1CCCCC1)N(CCO)C1CCS(=O)(=O)C1. The van der Waals surface area contributed by atoms with Crippen molar-refractivity contribution in [2.45, 2.75) is 44.6 Å². The van der Waals surface area contributed by atoms with Crippen LogP contribution in [0.5, 0.6) is 0 Å². The molecule has 6 heteroatoms. The summed E-state index contributed by atoms with van der Waals surface area (Å²) in [5.74, 6) is 0.308. The highest BCUT2D eigenvalue weighted by Gasteiger charge is 2.36. The van der Waals surface area contributed by atoms with Gasteiger partial charge in [0.05, 0.1) is 18.1 Å². The molecule has 1 N–H and O–H groups in total. The second-order valence-electron chi connectivity index (χ2n) is 5.65. The fourth-order valence-electron chi connectivity index (χ4n) is 3.19. The van der Waals surface area contributed by atoms with Crippen molar-refractivity contribution in [1.82, 2.24) is 4.90 Å². The molecule has 2 rings (SSSR count). The largest absolute Gasteiger partial charge is 0.395 e. The van der Waals surface area contributed by atoms with Crippen LogP contribution >= 0.6 is 0 Å². The zero-order chi connectivity index (χ0) is 13.9. The lowest BCUT2D eigenvalue weighted by molar-refractivity contribution is -0.139. The van der Waals surface area contributed by atoms with Crippen LogP contribution in [0.15, 0.2) is 0 Å². The number of aliphatic hydroxyl groups excluding tert-OH is 1. The Labute approximate surface area is 114 Å². The lowest BCUT2D eigenvalue weighted by Crippen LogP contribution is -2.46. The monoisotopic (exact) mass is 289 g/mol. The van der Waals surface area contributed by atoms with E-state index in [1.165, 1.54) is 6.42 Å². The Balaban J connectivity index is 2.04. The molecule has 110 valence electrons. The molecule has 0 radical (unpaired) electrons. The number of aliphatic hydroxyl groups is 1. The maximum absolute atomic E-state index is 12.5. The van der Waals surface area contributed by atoms with E-state index in [0.717, 1.165) is 25.7 Å². The molecule has 19 heavy (non-hydrogen) atoms. The van der Waals surface area contributed by atoms with Gasteiger partial charge >= 0.3 is 0 Å². The normalized spacial score (nSPS) is 27.3. The van der Waals surface area contributed by atoms with Crippen LogP contribution in [0.4, 0.5) is 0 Å². The molecule has 0 aromatic carbocycles. The maximum Gasteiger partial charge on any atom is 0.226 e. The van der Waals surface area contributed by atoms with E-state index >= 15 is 0 Å². The summed E-state index contributed by atoms with van der Waals surface area (Å²) in [5, 5.41) is 9.13. The van der Waals surface area contributed by atoms with Crippen molar-refractivity contribution in [3.8, 4) is 0 Å². The predicted molar refractivity (Wildman–Crippen MR) is 72.4 cm³/mol. The van der Waals surface area contributed by atoms with Crippen LogP contribution in [0.3, 0.4) is 0 Å². The van der Waals surface area contributed by atoms with E-state index in [9.17, 15) is 13.2 Å². The molecule has 0 spiro atoms. The first-order valence-electron chi connectivity index (χ1n) is 7.15. The van der Waals surface area contributed by atoms with Gasteiger partial charge in [-0.15, -0.1) is 0 Å². The minimum absolute atomic E-state index is 0.0311. The second kappa shape index (κ2) is 6.22. The van der Waals surface area contributed by atoms with E-state index in [1.54, 1.807) is 4.90 Å². The van der Waals surface area contributed by atoms with Gasteiger partial charge in [-0.05, 0) is 19.3 Å². The van der Waals surface area contributed by atoms with Crippen LogP contribution in [-0.4, -0.2) is 55.0 Å². The van der Waals surface area contributed by atoms with Crippen molar-refractivity contribution < 1.29 is 18.3 Å². The molecule has 1 atom stereocenters. The summed E-state index contributed by atoms with van der Waals surface area (Å²) < 4.78 is 23.1. The lowest BCUT2D eigenvalue weighted by Gasteiger charge is -2.32. The van der Waals surface area contributed by atoms with Crippen LogP contribution in [0.2, 0.25) is 0 Å². The topological polar surface area (TPSA) is 74.7 Å². The van der Waals surface area contributed by atoms with E-state index in [-0.39, 0.29) is 42.5 Å². The molecule has 1 heterocycles. The molecule has 1 saturated heterocycles. The highest BCUT2D eigenvalue weighted by atomic mass is 32.2. The number of hydrogen-bond acceptors (Lipinski definition) is 4. The highest BCUT2D eigenvalue weighted by molar-refractivity contribution is 7.91. The van der Waals surface area contributed by atoms with Gasteiger partial charge in [0.25, 0.3) is 0 Å². The quantitative estimate of drug-likeness (QED) is 0.821. The first-order valence-corrected chi connectivity index (χ1v) is 8.97. The zero-order valence-electron chi connectivity index (χ0n) is 11.3. The fourth-order valence-corrected chi connectivity index (χ4v) is 4.92. The van der Waals surface area contributed by atoms with E-state index in [0.29, 0.717) is 6.42 Å². The summed E-state index contributed by atoms with van der Waals surface area (Å²) in [7, 11) is -3.00. The van der Waals surface area contributed by atoms with Crippen LogP contribution < -0.4 is 0 Å². The third-order valence-corrected chi connectivity index (χ3v) is 5.98. The van der Waals surface area contributed by atoms with E-state index < -0.39 is 9.84 Å². The molecule has 5 nitrogen and oxygen atoms in total. The van der Waals surface area contributed by atoms with Gasteiger partial charge in [0.1, 0.15) is 0 Å². The van der Waals surface area contributed by atoms with Crippen LogP contribution in [-0.2, 0) is 14.6 Å². The Morgan fingerprint density at radius 2 is 1.84 bits per heavy atom. The number of nitrogens with zero attached hydrogens (tertiary/aromatic N) is 1. The number of hydrogen-bond donors (Lipinski definition) is 1. The zero-order valence-corrected chi connectivity index (χ0v) is 12.1. The predicted octanol–water partition coefficient (Wildman–Crippen LogP) is 0.575. The molecule has 0 aromatic heterocycles. The first kappa shape index (κ1) is 14.8. The van der Waals surface area contributed by atoms with Crippen LogP contribution in [0.25, 0.3) is 0 Å². The molecule has 1 unspecified atom stereocenters. The Morgan fingerprint density at radius 3 is 2.37 bits per heavy atom. The molecule has 2 fully saturated rings. The minimum atomic E-state index is -3.00. The van der Waals surface area contributed by atoms with Crippen molar-refractivity contribution in [1.29, 1.82) is 0 Å². The van der Waals surface area contributed by atoms with E-state index in [2.05, 4.69) is 0 Å². The van der Waals surface area contributed by atoms with Crippen molar-refractivity contribution in [2.24, 2.45) is 5.92 Å². The van der Waals surface area contributed by atoms with E-state index in [4.69, 9.17) is 5.11 Å². The molecular weight excluding hydrogens is 266 g/mol. The van der Waals surface area contributed by atoms with Crippen molar-refractivity contribution in [3.05, 3.63) is 0 Å². The fraction of sp³-hybridized carbons (Fsp3) is 0.923. The van der Waals surface area contributed by atoms with Crippen LogP contribution in [0, 0.1) is 5.92 Å². The van der Waals surface area contributed by atoms with Crippen LogP contribution in [0.1, 0.15) is 38.5 Å². The number of amides is 1. The van der Waals surface area contributed by atoms with Gasteiger partial charge in [-0.3, -0.25) is 4.79 Å². The van der Waals surface area contributed by atoms with Crippen molar-refractivity contribution in [2.75, 3.05) is 24.7 Å². The molecule has 0 bridgehead atoms. The number of carbonyl (C=O) groups is 1. The number of sulfone groups is 1. The van der Waals surface area contributed by atoms with Gasteiger partial charge in [0.2, 0.25) is 5.91 Å². The van der Waals surface area contributed by atoms with Gasteiger partial charge in [-0.25, -0.2) is 8.42 Å². The molecule has 1 amide bonds. The summed E-state index contributed by atoms with van der Waals surface area (Å²) in [6, 6.07) is -0.230.